The Balaban J connectivity index is 3.36. The van der Waals surface area contributed by atoms with Gasteiger partial charge in [-0.2, -0.15) is 0 Å². The second-order valence-electron chi connectivity index (χ2n) is 3.83. The van der Waals surface area contributed by atoms with E-state index in [1.807, 2.05) is 0 Å². The number of halogens is 3. The van der Waals surface area contributed by atoms with Crippen LogP contribution in [0.1, 0.15) is 24.2 Å². The number of nitrogens with one attached hydrogen (secondary N) is 1. The molecule has 100 valence electrons. The van der Waals surface area contributed by atoms with Crippen molar-refractivity contribution >= 4 is 48.8 Å². The fraction of sp³-hybridized carbons (Fsp3) is 0.300. The third-order valence-electron chi connectivity index (χ3n) is 1.95. The second kappa shape index (κ2) is 5.65. The van der Waals surface area contributed by atoms with Crippen molar-refractivity contribution in [1.82, 2.24) is 5.32 Å². The highest BCUT2D eigenvalue weighted by Crippen LogP contribution is 2.30. The minimum absolute atomic E-state index is 0.0149. The van der Waals surface area contributed by atoms with Gasteiger partial charge in [0, 0.05) is 16.7 Å². The van der Waals surface area contributed by atoms with Crippen LogP contribution in [0.3, 0.4) is 0 Å². The summed E-state index contributed by atoms with van der Waals surface area (Å²) in [6.45, 7) is 3.52. The third kappa shape index (κ3) is 3.75. The molecule has 1 aromatic rings. The van der Waals surface area contributed by atoms with E-state index in [0.29, 0.717) is 0 Å². The lowest BCUT2D eigenvalue weighted by Gasteiger charge is -2.11. The Morgan fingerprint density at radius 1 is 1.28 bits per heavy atom. The molecule has 0 aliphatic heterocycles. The monoisotopic (exact) mass is 329 g/mol. The predicted molar refractivity (Wildman–Crippen MR) is 72.1 cm³/mol. The van der Waals surface area contributed by atoms with Crippen LogP contribution < -0.4 is 5.32 Å². The van der Waals surface area contributed by atoms with Gasteiger partial charge in [0.15, 0.2) is 0 Å². The first-order valence-electron chi connectivity index (χ1n) is 4.87. The largest absolute Gasteiger partial charge is 0.350 e. The van der Waals surface area contributed by atoms with Crippen molar-refractivity contribution in [3.05, 3.63) is 27.7 Å². The number of hydrogen-bond acceptors (Lipinski definition) is 3. The number of carbonyl (C=O) groups is 1. The minimum atomic E-state index is -3.98. The topological polar surface area (TPSA) is 63.2 Å². The molecule has 1 N–H and O–H groups in total. The van der Waals surface area contributed by atoms with Gasteiger partial charge in [-0.25, -0.2) is 8.42 Å². The van der Waals surface area contributed by atoms with Gasteiger partial charge < -0.3 is 5.32 Å². The molecule has 18 heavy (non-hydrogen) atoms. The fourth-order valence-electron chi connectivity index (χ4n) is 1.21. The van der Waals surface area contributed by atoms with Crippen LogP contribution in [0.25, 0.3) is 0 Å². The van der Waals surface area contributed by atoms with Crippen molar-refractivity contribution in [1.29, 1.82) is 0 Å². The Morgan fingerprint density at radius 3 is 2.28 bits per heavy atom. The highest BCUT2D eigenvalue weighted by Gasteiger charge is 2.20. The van der Waals surface area contributed by atoms with Crippen molar-refractivity contribution in [3.63, 3.8) is 0 Å². The van der Waals surface area contributed by atoms with Gasteiger partial charge in [-0.05, 0) is 26.0 Å². The summed E-state index contributed by atoms with van der Waals surface area (Å²) in [4.78, 5) is 11.5. The number of benzene rings is 1. The third-order valence-corrected chi connectivity index (χ3v) is 4.08. The zero-order valence-electron chi connectivity index (χ0n) is 9.50. The Labute approximate surface area is 120 Å². The molecule has 0 atom stereocenters. The zero-order chi connectivity index (χ0) is 14.1. The van der Waals surface area contributed by atoms with Crippen molar-refractivity contribution in [2.45, 2.75) is 24.8 Å². The van der Waals surface area contributed by atoms with Crippen LogP contribution in [0.4, 0.5) is 0 Å². The Kier molecular flexibility index (Phi) is 4.89. The molecule has 0 saturated carbocycles. The molecule has 0 fully saturated rings. The maximum absolute atomic E-state index is 11.8. The van der Waals surface area contributed by atoms with Crippen LogP contribution in [0.5, 0.6) is 0 Å². The van der Waals surface area contributed by atoms with Gasteiger partial charge in [0.25, 0.3) is 15.0 Å². The Morgan fingerprint density at radius 2 is 1.83 bits per heavy atom. The first-order valence-corrected chi connectivity index (χ1v) is 7.94. The number of carbonyl (C=O) groups excluding carboxylic acids is 1. The normalized spacial score (nSPS) is 11.7. The van der Waals surface area contributed by atoms with Gasteiger partial charge in [-0.1, -0.05) is 23.2 Å². The summed E-state index contributed by atoms with van der Waals surface area (Å²) >= 11 is 11.6. The summed E-state index contributed by atoms with van der Waals surface area (Å²) in [5, 5.41) is 2.52. The first-order chi connectivity index (χ1) is 8.12. The summed E-state index contributed by atoms with van der Waals surface area (Å²) in [6, 6.07) is 2.07. The van der Waals surface area contributed by atoms with Gasteiger partial charge in [-0.3, -0.25) is 4.79 Å². The maximum Gasteiger partial charge on any atom is 0.261 e. The molecule has 1 aromatic carbocycles. The van der Waals surface area contributed by atoms with E-state index in [1.54, 1.807) is 13.8 Å². The molecule has 0 bridgehead atoms. The van der Waals surface area contributed by atoms with Crippen LogP contribution in [0.2, 0.25) is 10.0 Å². The average Bonchev–Trinajstić information content (AvgIpc) is 2.18. The summed E-state index contributed by atoms with van der Waals surface area (Å²) in [6.07, 6.45) is 0. The smallest absolute Gasteiger partial charge is 0.261 e. The number of rotatable bonds is 3. The molecule has 0 spiro atoms. The minimum Gasteiger partial charge on any atom is -0.350 e. The lowest BCUT2D eigenvalue weighted by Crippen LogP contribution is -2.30. The molecule has 0 heterocycles. The summed E-state index contributed by atoms with van der Waals surface area (Å²) in [5.74, 6) is -0.515. The summed E-state index contributed by atoms with van der Waals surface area (Å²) in [5.41, 5.74) is -0.0305. The molecule has 0 aliphatic carbocycles. The molecule has 0 radical (unpaired) electrons. The fourth-order valence-corrected chi connectivity index (χ4v) is 2.47. The van der Waals surface area contributed by atoms with E-state index < -0.39 is 15.0 Å². The van der Waals surface area contributed by atoms with Crippen molar-refractivity contribution in [2.24, 2.45) is 0 Å². The molecule has 0 aliphatic rings. The average molecular weight is 331 g/mol. The number of hydrogen-bond donors (Lipinski definition) is 1. The molecular formula is C10H10Cl3NO3S. The van der Waals surface area contributed by atoms with E-state index >= 15 is 0 Å². The van der Waals surface area contributed by atoms with Crippen LogP contribution in [-0.2, 0) is 9.05 Å². The standard InChI is InChI=1S/C10H10Cl3NO3S/c1-5(2)14-10(15)7-3-6(18(13,16)17)4-8(11)9(7)12/h3-5H,1-2H3,(H,14,15). The molecule has 8 heteroatoms. The summed E-state index contributed by atoms with van der Waals surface area (Å²) in [7, 11) is 1.23. The molecule has 1 amide bonds. The Hall–Kier alpha value is -0.490. The quantitative estimate of drug-likeness (QED) is 0.866. The van der Waals surface area contributed by atoms with E-state index in [1.165, 1.54) is 0 Å². The highest BCUT2D eigenvalue weighted by atomic mass is 35.7. The van der Waals surface area contributed by atoms with E-state index in [4.69, 9.17) is 33.9 Å². The van der Waals surface area contributed by atoms with E-state index in [2.05, 4.69) is 5.32 Å². The van der Waals surface area contributed by atoms with Gasteiger partial charge in [0.05, 0.1) is 20.5 Å². The van der Waals surface area contributed by atoms with Crippen LogP contribution in [-0.4, -0.2) is 20.4 Å². The van der Waals surface area contributed by atoms with Crippen molar-refractivity contribution < 1.29 is 13.2 Å². The molecule has 0 saturated heterocycles. The van der Waals surface area contributed by atoms with Gasteiger partial charge in [-0.15, -0.1) is 0 Å². The van der Waals surface area contributed by atoms with Crippen LogP contribution in [0, 0.1) is 0 Å². The first kappa shape index (κ1) is 15.6. The van der Waals surface area contributed by atoms with Crippen LogP contribution >= 0.6 is 33.9 Å². The lowest BCUT2D eigenvalue weighted by atomic mass is 10.2. The van der Waals surface area contributed by atoms with E-state index in [0.717, 1.165) is 12.1 Å². The summed E-state index contributed by atoms with van der Waals surface area (Å²) < 4.78 is 22.5. The molecular weight excluding hydrogens is 321 g/mol. The number of amides is 1. The van der Waals surface area contributed by atoms with Gasteiger partial charge >= 0.3 is 0 Å². The van der Waals surface area contributed by atoms with Crippen LogP contribution in [0.15, 0.2) is 17.0 Å². The highest BCUT2D eigenvalue weighted by molar-refractivity contribution is 8.13. The maximum atomic E-state index is 11.8. The Bertz CT molecular complexity index is 584. The molecule has 1 rings (SSSR count). The van der Waals surface area contributed by atoms with Gasteiger partial charge in [0.2, 0.25) is 0 Å². The lowest BCUT2D eigenvalue weighted by molar-refractivity contribution is 0.0943. The van der Waals surface area contributed by atoms with Crippen molar-refractivity contribution in [3.8, 4) is 0 Å². The predicted octanol–water partition coefficient (Wildman–Crippen LogP) is 3.06. The van der Waals surface area contributed by atoms with Gasteiger partial charge in [0.1, 0.15) is 0 Å². The van der Waals surface area contributed by atoms with E-state index in [9.17, 15) is 13.2 Å². The van der Waals surface area contributed by atoms with E-state index in [-0.39, 0.29) is 26.5 Å². The molecule has 4 nitrogen and oxygen atoms in total. The molecule has 0 aromatic heterocycles. The van der Waals surface area contributed by atoms with Crippen molar-refractivity contribution in [2.75, 3.05) is 0 Å². The molecule has 0 unspecified atom stereocenters. The SMILES string of the molecule is CC(C)NC(=O)c1cc(S(=O)(=O)Cl)cc(Cl)c1Cl. The second-order valence-corrected chi connectivity index (χ2v) is 7.18. The zero-order valence-corrected chi connectivity index (χ0v) is 12.6.